The molecule has 0 bridgehead atoms. The minimum absolute atomic E-state index is 0.159. The minimum Gasteiger partial charge on any atom is -0.381 e. The monoisotopic (exact) mass is 362 g/mol. The lowest BCUT2D eigenvalue weighted by Gasteiger charge is -2.36. The first-order valence-corrected chi connectivity index (χ1v) is 9.79. The third-order valence-electron chi connectivity index (χ3n) is 4.51. The summed E-state index contributed by atoms with van der Waals surface area (Å²) in [6.45, 7) is 13.7. The second kappa shape index (κ2) is 11.0. The van der Waals surface area contributed by atoms with Crippen LogP contribution < -0.4 is 15.5 Å². The number of ether oxygens (including phenoxy) is 1. The van der Waals surface area contributed by atoms with E-state index in [2.05, 4.69) is 47.3 Å². The van der Waals surface area contributed by atoms with Crippen molar-refractivity contribution in [2.24, 2.45) is 5.92 Å². The van der Waals surface area contributed by atoms with E-state index in [1.807, 2.05) is 18.2 Å². The molecule has 1 aromatic rings. The Kier molecular flexibility index (Phi) is 8.71. The molecule has 0 spiro atoms. The van der Waals surface area contributed by atoms with Gasteiger partial charge in [0.05, 0.1) is 11.4 Å². The highest BCUT2D eigenvalue weighted by Crippen LogP contribution is 2.26. The fourth-order valence-corrected chi connectivity index (χ4v) is 3.02. The van der Waals surface area contributed by atoms with E-state index in [9.17, 15) is 4.79 Å². The van der Waals surface area contributed by atoms with Gasteiger partial charge in [-0.3, -0.25) is 0 Å². The van der Waals surface area contributed by atoms with E-state index in [1.54, 1.807) is 0 Å². The predicted octanol–water partition coefficient (Wildman–Crippen LogP) is 3.01. The van der Waals surface area contributed by atoms with Crippen molar-refractivity contribution in [3.8, 4) is 0 Å². The number of benzene rings is 1. The summed E-state index contributed by atoms with van der Waals surface area (Å²) in [6, 6.07) is 7.87. The smallest absolute Gasteiger partial charge is 0.319 e. The number of rotatable bonds is 9. The number of piperazine rings is 1. The van der Waals surface area contributed by atoms with Gasteiger partial charge in [0.25, 0.3) is 0 Å². The Labute approximate surface area is 157 Å². The summed E-state index contributed by atoms with van der Waals surface area (Å²) in [7, 11) is 0. The molecule has 6 nitrogen and oxygen atoms in total. The van der Waals surface area contributed by atoms with E-state index < -0.39 is 0 Å². The summed E-state index contributed by atoms with van der Waals surface area (Å²) >= 11 is 0. The van der Waals surface area contributed by atoms with Gasteiger partial charge in [-0.15, -0.1) is 0 Å². The SMILES string of the molecule is CCN1CCN(c2ccccc2NC(=O)NCCCOCC(C)C)CC1. The first-order chi connectivity index (χ1) is 12.6. The van der Waals surface area contributed by atoms with Crippen LogP contribution in [0.4, 0.5) is 16.2 Å². The van der Waals surface area contributed by atoms with Crippen molar-refractivity contribution in [1.29, 1.82) is 0 Å². The van der Waals surface area contributed by atoms with Crippen molar-refractivity contribution in [1.82, 2.24) is 10.2 Å². The van der Waals surface area contributed by atoms with Gasteiger partial charge in [-0.2, -0.15) is 0 Å². The molecule has 1 aromatic carbocycles. The van der Waals surface area contributed by atoms with E-state index in [-0.39, 0.29) is 6.03 Å². The number of anilines is 2. The molecule has 2 rings (SSSR count). The molecule has 1 aliphatic heterocycles. The molecule has 1 heterocycles. The summed E-state index contributed by atoms with van der Waals surface area (Å²) < 4.78 is 5.53. The number of para-hydroxylation sites is 2. The molecule has 2 amide bonds. The van der Waals surface area contributed by atoms with E-state index in [4.69, 9.17) is 4.74 Å². The number of hydrogen-bond acceptors (Lipinski definition) is 4. The van der Waals surface area contributed by atoms with Crippen LogP contribution in [-0.4, -0.2) is 63.4 Å². The number of likely N-dealkylation sites (N-methyl/N-ethyl adjacent to an activating group) is 1. The molecule has 0 atom stereocenters. The van der Waals surface area contributed by atoms with Crippen molar-refractivity contribution in [2.75, 3.05) is 62.7 Å². The van der Waals surface area contributed by atoms with E-state index >= 15 is 0 Å². The van der Waals surface area contributed by atoms with E-state index in [0.717, 1.165) is 57.1 Å². The topological polar surface area (TPSA) is 56.8 Å². The summed E-state index contributed by atoms with van der Waals surface area (Å²) in [5, 5.41) is 5.90. The Balaban J connectivity index is 1.77. The average molecular weight is 363 g/mol. The van der Waals surface area contributed by atoms with Crippen LogP contribution in [-0.2, 0) is 4.74 Å². The second-order valence-corrected chi connectivity index (χ2v) is 7.14. The largest absolute Gasteiger partial charge is 0.381 e. The highest BCUT2D eigenvalue weighted by molar-refractivity contribution is 5.93. The Morgan fingerprint density at radius 1 is 1.19 bits per heavy atom. The van der Waals surface area contributed by atoms with Gasteiger partial charge >= 0.3 is 6.03 Å². The molecule has 1 aliphatic rings. The number of carbonyl (C=O) groups excluding carboxylic acids is 1. The Hall–Kier alpha value is -1.79. The van der Waals surface area contributed by atoms with Crippen LogP contribution in [0.2, 0.25) is 0 Å². The molecule has 2 N–H and O–H groups in total. The van der Waals surface area contributed by atoms with Crippen molar-refractivity contribution < 1.29 is 9.53 Å². The van der Waals surface area contributed by atoms with Gasteiger partial charge < -0.3 is 25.2 Å². The molecule has 0 unspecified atom stereocenters. The summed E-state index contributed by atoms with van der Waals surface area (Å²) in [5.74, 6) is 0.543. The molecule has 0 aliphatic carbocycles. The quantitative estimate of drug-likeness (QED) is 0.663. The zero-order valence-corrected chi connectivity index (χ0v) is 16.5. The highest BCUT2D eigenvalue weighted by Gasteiger charge is 2.18. The maximum Gasteiger partial charge on any atom is 0.319 e. The Morgan fingerprint density at radius 2 is 1.92 bits per heavy atom. The second-order valence-electron chi connectivity index (χ2n) is 7.14. The zero-order chi connectivity index (χ0) is 18.8. The van der Waals surface area contributed by atoms with Gasteiger partial charge in [0.2, 0.25) is 0 Å². The van der Waals surface area contributed by atoms with Crippen LogP contribution in [0.5, 0.6) is 0 Å². The van der Waals surface area contributed by atoms with Crippen LogP contribution in [0.15, 0.2) is 24.3 Å². The normalized spacial score (nSPS) is 15.3. The molecule has 1 fully saturated rings. The summed E-state index contributed by atoms with van der Waals surface area (Å²) in [4.78, 5) is 17.0. The molecule has 1 saturated heterocycles. The number of urea groups is 1. The van der Waals surface area contributed by atoms with Crippen molar-refractivity contribution in [2.45, 2.75) is 27.2 Å². The molecular weight excluding hydrogens is 328 g/mol. The van der Waals surface area contributed by atoms with Crippen molar-refractivity contribution >= 4 is 17.4 Å². The number of carbonyl (C=O) groups is 1. The third kappa shape index (κ3) is 6.84. The lowest BCUT2D eigenvalue weighted by atomic mass is 10.2. The molecular formula is C20H34N4O2. The molecule has 0 saturated carbocycles. The van der Waals surface area contributed by atoms with Gasteiger partial charge in [-0.05, 0) is 31.0 Å². The molecule has 26 heavy (non-hydrogen) atoms. The van der Waals surface area contributed by atoms with E-state index in [0.29, 0.717) is 19.1 Å². The Morgan fingerprint density at radius 3 is 2.62 bits per heavy atom. The number of nitrogens with one attached hydrogen (secondary N) is 2. The van der Waals surface area contributed by atoms with Gasteiger partial charge in [-0.25, -0.2) is 4.79 Å². The highest BCUT2D eigenvalue weighted by atomic mass is 16.5. The third-order valence-corrected chi connectivity index (χ3v) is 4.51. The summed E-state index contributed by atoms with van der Waals surface area (Å²) in [5.41, 5.74) is 1.96. The maximum absolute atomic E-state index is 12.2. The number of nitrogens with zero attached hydrogens (tertiary/aromatic N) is 2. The van der Waals surface area contributed by atoms with E-state index in [1.165, 1.54) is 0 Å². The van der Waals surface area contributed by atoms with Gasteiger partial charge in [-0.1, -0.05) is 32.9 Å². The van der Waals surface area contributed by atoms with Crippen LogP contribution >= 0.6 is 0 Å². The lowest BCUT2D eigenvalue weighted by molar-refractivity contribution is 0.108. The predicted molar refractivity (Wildman–Crippen MR) is 108 cm³/mol. The average Bonchev–Trinajstić information content (AvgIpc) is 2.65. The molecule has 6 heteroatoms. The van der Waals surface area contributed by atoms with Crippen LogP contribution in [0.25, 0.3) is 0 Å². The van der Waals surface area contributed by atoms with Gasteiger partial charge in [0, 0.05) is 45.9 Å². The first kappa shape index (κ1) is 20.5. The van der Waals surface area contributed by atoms with Gasteiger partial charge in [0.15, 0.2) is 0 Å². The van der Waals surface area contributed by atoms with Crippen LogP contribution in [0.1, 0.15) is 27.2 Å². The van der Waals surface area contributed by atoms with Crippen LogP contribution in [0.3, 0.4) is 0 Å². The fourth-order valence-electron chi connectivity index (χ4n) is 3.02. The zero-order valence-electron chi connectivity index (χ0n) is 16.5. The maximum atomic E-state index is 12.2. The molecule has 0 radical (unpaired) electrons. The summed E-state index contributed by atoms with van der Waals surface area (Å²) in [6.07, 6.45) is 0.820. The Bertz CT molecular complexity index is 542. The fraction of sp³-hybridized carbons (Fsp3) is 0.650. The van der Waals surface area contributed by atoms with Crippen molar-refractivity contribution in [3.63, 3.8) is 0 Å². The van der Waals surface area contributed by atoms with Crippen molar-refractivity contribution in [3.05, 3.63) is 24.3 Å². The minimum atomic E-state index is -0.159. The number of amides is 2. The van der Waals surface area contributed by atoms with Gasteiger partial charge in [0.1, 0.15) is 0 Å². The lowest BCUT2D eigenvalue weighted by Crippen LogP contribution is -2.46. The number of hydrogen-bond donors (Lipinski definition) is 2. The molecule has 146 valence electrons. The molecule has 0 aromatic heterocycles. The van der Waals surface area contributed by atoms with Crippen LogP contribution in [0, 0.1) is 5.92 Å². The first-order valence-electron chi connectivity index (χ1n) is 9.79. The standard InChI is InChI=1S/C20H34N4O2/c1-4-23-11-13-24(14-12-23)19-9-6-5-8-18(19)22-20(25)21-10-7-15-26-16-17(2)3/h5-6,8-9,17H,4,7,10-16H2,1-3H3,(H2,21,22,25).